The molecule has 1 fully saturated rings. The van der Waals surface area contributed by atoms with Crippen molar-refractivity contribution in [2.75, 3.05) is 13.1 Å². The third-order valence-electron chi connectivity index (χ3n) is 5.15. The van der Waals surface area contributed by atoms with Gasteiger partial charge in [-0.25, -0.2) is 9.50 Å². The number of benzene rings is 1. The van der Waals surface area contributed by atoms with Crippen molar-refractivity contribution in [1.82, 2.24) is 24.8 Å². The molecule has 1 N–H and O–H groups in total. The van der Waals surface area contributed by atoms with E-state index < -0.39 is 5.72 Å². The minimum Gasteiger partial charge on any atom is -0.467 e. The fraction of sp³-hybridized carbons (Fsp3) is 0.263. The number of fused-ring (bicyclic) bond motifs is 2. The summed E-state index contributed by atoms with van der Waals surface area (Å²) in [6.45, 7) is 0.955. The number of nitrogens with zero attached hydrogens (tertiary/aromatic N) is 4. The first-order valence-electron chi connectivity index (χ1n) is 8.83. The van der Waals surface area contributed by atoms with Gasteiger partial charge in [0.15, 0.2) is 11.4 Å². The zero-order chi connectivity index (χ0) is 18.4. The van der Waals surface area contributed by atoms with Gasteiger partial charge in [0.1, 0.15) is 11.3 Å². The van der Waals surface area contributed by atoms with Crippen LogP contribution in [0.3, 0.4) is 0 Å². The lowest BCUT2D eigenvalue weighted by atomic mass is 9.96. The van der Waals surface area contributed by atoms with Crippen LogP contribution in [-0.4, -0.2) is 50.1 Å². The van der Waals surface area contributed by atoms with Crippen LogP contribution in [0.4, 0.5) is 0 Å². The number of ether oxygens (including phenoxy) is 1. The normalized spacial score (nSPS) is 18.1. The fourth-order valence-corrected chi connectivity index (χ4v) is 3.70. The number of hydrogen-bond acceptors (Lipinski definition) is 5. The Morgan fingerprint density at radius 2 is 2.00 bits per heavy atom. The van der Waals surface area contributed by atoms with Gasteiger partial charge in [0.05, 0.1) is 11.8 Å². The van der Waals surface area contributed by atoms with Crippen molar-refractivity contribution < 1.29 is 14.3 Å². The van der Waals surface area contributed by atoms with Crippen LogP contribution in [0.1, 0.15) is 33.6 Å². The van der Waals surface area contributed by atoms with Gasteiger partial charge in [0.25, 0.3) is 11.8 Å². The zero-order valence-electron chi connectivity index (χ0n) is 14.5. The van der Waals surface area contributed by atoms with E-state index in [1.54, 1.807) is 46.2 Å². The largest absolute Gasteiger partial charge is 0.467 e. The van der Waals surface area contributed by atoms with Crippen molar-refractivity contribution in [3.8, 4) is 5.75 Å². The van der Waals surface area contributed by atoms with E-state index in [2.05, 4.69) is 15.4 Å². The van der Waals surface area contributed by atoms with Crippen molar-refractivity contribution in [3.05, 3.63) is 60.0 Å². The first-order chi connectivity index (χ1) is 13.2. The van der Waals surface area contributed by atoms with Gasteiger partial charge < -0.3 is 15.0 Å². The second kappa shape index (κ2) is 5.80. The van der Waals surface area contributed by atoms with E-state index >= 15 is 0 Å². The van der Waals surface area contributed by atoms with Crippen LogP contribution < -0.4 is 10.1 Å². The van der Waals surface area contributed by atoms with Gasteiger partial charge in [0.2, 0.25) is 0 Å². The highest BCUT2D eigenvalue weighted by molar-refractivity contribution is 6.00. The van der Waals surface area contributed by atoms with Crippen LogP contribution in [-0.2, 0) is 0 Å². The second-order valence-corrected chi connectivity index (χ2v) is 6.78. The lowest BCUT2D eigenvalue weighted by molar-refractivity contribution is -0.0245. The molecule has 1 spiro atoms. The number of carbonyl (C=O) groups excluding carboxylic acids is 2. The van der Waals surface area contributed by atoms with Crippen molar-refractivity contribution in [3.63, 3.8) is 0 Å². The van der Waals surface area contributed by atoms with Crippen LogP contribution in [0.25, 0.3) is 5.65 Å². The van der Waals surface area contributed by atoms with Crippen molar-refractivity contribution >= 4 is 17.5 Å². The number of amides is 2. The Kier molecular flexibility index (Phi) is 3.40. The van der Waals surface area contributed by atoms with E-state index in [4.69, 9.17) is 4.74 Å². The standard InChI is InChI=1S/C19H17N5O3/c25-17-13-4-1-2-5-15(13)27-19(22-17)6-10-23(11-7-19)18(26)14-12-21-24-9-3-8-20-16(14)24/h1-5,8-9,12H,6-7,10-11H2,(H,22,25). The molecule has 2 aliphatic rings. The summed E-state index contributed by atoms with van der Waals surface area (Å²) in [5, 5.41) is 7.16. The average molecular weight is 363 g/mol. The van der Waals surface area contributed by atoms with E-state index in [1.807, 2.05) is 12.1 Å². The van der Waals surface area contributed by atoms with Gasteiger partial charge in [-0.3, -0.25) is 9.59 Å². The predicted octanol–water partition coefficient (Wildman–Crippen LogP) is 1.48. The molecule has 8 heteroatoms. The molecule has 1 saturated heterocycles. The summed E-state index contributed by atoms with van der Waals surface area (Å²) < 4.78 is 7.70. The molecule has 1 aromatic carbocycles. The minimum absolute atomic E-state index is 0.110. The van der Waals surface area contributed by atoms with Gasteiger partial charge in [-0.05, 0) is 18.2 Å². The predicted molar refractivity (Wildman–Crippen MR) is 95.4 cm³/mol. The van der Waals surface area contributed by atoms with Crippen LogP contribution in [0.2, 0.25) is 0 Å². The van der Waals surface area contributed by atoms with E-state index in [0.717, 1.165) is 0 Å². The van der Waals surface area contributed by atoms with Crippen LogP contribution >= 0.6 is 0 Å². The summed E-state index contributed by atoms with van der Waals surface area (Å²) in [4.78, 5) is 31.3. The molecule has 2 amide bonds. The minimum atomic E-state index is -0.762. The number of piperidine rings is 1. The van der Waals surface area contributed by atoms with Crippen LogP contribution in [0.15, 0.2) is 48.9 Å². The Balaban J connectivity index is 1.35. The maximum absolute atomic E-state index is 12.9. The summed E-state index contributed by atoms with van der Waals surface area (Å²) in [5.74, 6) is 0.345. The van der Waals surface area contributed by atoms with Crippen molar-refractivity contribution in [2.24, 2.45) is 0 Å². The number of carbonyl (C=O) groups is 2. The lowest BCUT2D eigenvalue weighted by Gasteiger charge is -2.44. The van der Waals surface area contributed by atoms with E-state index in [1.165, 1.54) is 0 Å². The molecule has 0 bridgehead atoms. The molecule has 2 aliphatic heterocycles. The lowest BCUT2D eigenvalue weighted by Crippen LogP contribution is -2.61. The van der Waals surface area contributed by atoms with E-state index in [9.17, 15) is 9.59 Å². The van der Waals surface area contributed by atoms with E-state index in [-0.39, 0.29) is 11.8 Å². The highest BCUT2D eigenvalue weighted by atomic mass is 16.5. The molecule has 27 heavy (non-hydrogen) atoms. The molecule has 2 aromatic heterocycles. The average Bonchev–Trinajstić information content (AvgIpc) is 3.12. The molecule has 0 unspecified atom stereocenters. The summed E-state index contributed by atoms with van der Waals surface area (Å²) in [6.07, 6.45) is 5.98. The quantitative estimate of drug-likeness (QED) is 0.708. The number of aromatic nitrogens is 3. The fourth-order valence-electron chi connectivity index (χ4n) is 3.70. The van der Waals surface area contributed by atoms with Gasteiger partial charge in [-0.15, -0.1) is 0 Å². The Bertz CT molecular complexity index is 1050. The molecule has 5 rings (SSSR count). The number of nitrogens with one attached hydrogen (secondary N) is 1. The SMILES string of the molecule is O=C1NC2(CCN(C(=O)c3cnn4cccnc34)CC2)Oc2ccccc21. The van der Waals surface area contributed by atoms with Crippen molar-refractivity contribution in [2.45, 2.75) is 18.6 Å². The summed E-state index contributed by atoms with van der Waals surface area (Å²) in [6, 6.07) is 8.97. The summed E-state index contributed by atoms with van der Waals surface area (Å²) >= 11 is 0. The Hall–Kier alpha value is -3.42. The molecular formula is C19H17N5O3. The molecule has 8 nitrogen and oxygen atoms in total. The topological polar surface area (TPSA) is 88.8 Å². The highest BCUT2D eigenvalue weighted by Gasteiger charge is 2.43. The first kappa shape index (κ1) is 15.8. The Morgan fingerprint density at radius 3 is 2.85 bits per heavy atom. The molecule has 3 aromatic rings. The maximum Gasteiger partial charge on any atom is 0.259 e. The molecule has 0 radical (unpaired) electrons. The maximum atomic E-state index is 12.9. The third kappa shape index (κ3) is 2.52. The monoisotopic (exact) mass is 363 g/mol. The molecule has 0 aliphatic carbocycles. The van der Waals surface area contributed by atoms with E-state index in [0.29, 0.717) is 48.5 Å². The molecule has 136 valence electrons. The van der Waals surface area contributed by atoms with Crippen LogP contribution in [0, 0.1) is 0 Å². The van der Waals surface area contributed by atoms with Crippen LogP contribution in [0.5, 0.6) is 5.75 Å². The van der Waals surface area contributed by atoms with Gasteiger partial charge >= 0.3 is 0 Å². The number of hydrogen-bond donors (Lipinski definition) is 1. The number of para-hydroxylation sites is 1. The Labute approximate surface area is 154 Å². The third-order valence-corrected chi connectivity index (χ3v) is 5.15. The molecule has 4 heterocycles. The molecule has 0 atom stereocenters. The van der Waals surface area contributed by atoms with Gasteiger partial charge in [-0.1, -0.05) is 12.1 Å². The highest BCUT2D eigenvalue weighted by Crippen LogP contribution is 2.33. The summed E-state index contributed by atoms with van der Waals surface area (Å²) in [5.41, 5.74) is 0.796. The second-order valence-electron chi connectivity index (χ2n) is 6.78. The summed E-state index contributed by atoms with van der Waals surface area (Å²) in [7, 11) is 0. The molecular weight excluding hydrogens is 346 g/mol. The first-order valence-corrected chi connectivity index (χ1v) is 8.83. The number of rotatable bonds is 1. The zero-order valence-corrected chi connectivity index (χ0v) is 14.5. The molecule has 0 saturated carbocycles. The Morgan fingerprint density at radius 1 is 1.19 bits per heavy atom. The van der Waals surface area contributed by atoms with Crippen molar-refractivity contribution in [1.29, 1.82) is 0 Å². The number of likely N-dealkylation sites (tertiary alicyclic amines) is 1. The smallest absolute Gasteiger partial charge is 0.259 e. The van der Waals surface area contributed by atoms with Gasteiger partial charge in [0, 0.05) is 38.3 Å². The van der Waals surface area contributed by atoms with Gasteiger partial charge in [-0.2, -0.15) is 5.10 Å².